The zero-order valence-electron chi connectivity index (χ0n) is 22.5. The Balaban J connectivity index is 1.43. The van der Waals surface area contributed by atoms with Crippen LogP contribution in [0.5, 0.6) is 17.2 Å². The summed E-state index contributed by atoms with van der Waals surface area (Å²) in [6, 6.07) is 21.9. The largest absolute Gasteiger partial charge is 0.494 e. The molecule has 3 aromatic carbocycles. The number of fused-ring (bicyclic) bond motifs is 1. The summed E-state index contributed by atoms with van der Waals surface area (Å²) >= 11 is 0. The number of benzene rings is 3. The lowest BCUT2D eigenvalue weighted by Crippen LogP contribution is -2.54. The number of rotatable bonds is 7. The van der Waals surface area contributed by atoms with Crippen LogP contribution in [0.25, 0.3) is 16.8 Å². The Bertz CT molecular complexity index is 1690. The molecule has 1 N–H and O–H groups in total. The van der Waals surface area contributed by atoms with Crippen LogP contribution in [0.4, 0.5) is 9.18 Å². The van der Waals surface area contributed by atoms with Crippen molar-refractivity contribution in [2.24, 2.45) is 0 Å². The molecule has 0 aliphatic carbocycles. The summed E-state index contributed by atoms with van der Waals surface area (Å²) in [6.45, 7) is 0.435. The van der Waals surface area contributed by atoms with Gasteiger partial charge in [0.15, 0.2) is 11.5 Å². The molecule has 6 rings (SSSR count). The van der Waals surface area contributed by atoms with Gasteiger partial charge in [-0.1, -0.05) is 36.4 Å². The van der Waals surface area contributed by atoms with E-state index in [-0.39, 0.29) is 11.5 Å². The Morgan fingerprint density at radius 2 is 1.80 bits per heavy atom. The molecule has 208 valence electrons. The number of imidazole rings is 1. The van der Waals surface area contributed by atoms with Crippen LogP contribution < -0.4 is 9.47 Å². The zero-order valence-corrected chi connectivity index (χ0v) is 22.5. The predicted molar refractivity (Wildman–Crippen MR) is 152 cm³/mol. The molecule has 1 unspecified atom stereocenters. The molecule has 1 aliphatic heterocycles. The third kappa shape index (κ3) is 4.84. The third-order valence-electron chi connectivity index (χ3n) is 7.68. The van der Waals surface area contributed by atoms with Gasteiger partial charge in [-0.15, -0.1) is 0 Å². The van der Waals surface area contributed by atoms with Crippen molar-refractivity contribution in [2.45, 2.75) is 31.2 Å². The van der Waals surface area contributed by atoms with Gasteiger partial charge in [-0.2, -0.15) is 4.39 Å². The first-order chi connectivity index (χ1) is 20.0. The first-order valence-electron chi connectivity index (χ1n) is 13.5. The molecule has 1 aliphatic rings. The van der Waals surface area contributed by atoms with Crippen molar-refractivity contribution in [1.82, 2.24) is 19.3 Å². The topological polar surface area (TPSA) is 89.2 Å². The number of carbonyl (C=O) groups is 1. The minimum Gasteiger partial charge on any atom is -0.494 e. The molecule has 2 aromatic heterocycles. The van der Waals surface area contributed by atoms with Crippen molar-refractivity contribution in [2.75, 3.05) is 13.7 Å². The van der Waals surface area contributed by atoms with Gasteiger partial charge in [0.05, 0.1) is 24.5 Å². The average Bonchev–Trinajstić information content (AvgIpc) is 3.40. The van der Waals surface area contributed by atoms with Crippen LogP contribution in [0.1, 0.15) is 30.7 Å². The average molecular weight is 553 g/mol. The van der Waals surface area contributed by atoms with Gasteiger partial charge >= 0.3 is 6.09 Å². The SMILES string of the molecule is COc1cccc(Oc2ccc(-c3nc(C4(Cc5ccccc5)CCCCN4C(=O)O)n4ccncc34)cc2)c1F. The van der Waals surface area contributed by atoms with Crippen LogP contribution in [0, 0.1) is 5.82 Å². The molecule has 1 atom stereocenters. The van der Waals surface area contributed by atoms with Crippen molar-refractivity contribution in [3.63, 3.8) is 0 Å². The second-order valence-electron chi connectivity index (χ2n) is 10.1. The Kier molecular flexibility index (Phi) is 7.01. The highest BCUT2D eigenvalue weighted by Gasteiger charge is 2.46. The van der Waals surface area contributed by atoms with Crippen molar-refractivity contribution < 1.29 is 23.8 Å². The highest BCUT2D eigenvalue weighted by Crippen LogP contribution is 2.42. The number of hydrogen-bond acceptors (Lipinski definition) is 5. The van der Waals surface area contributed by atoms with Crippen LogP contribution in [-0.2, 0) is 12.0 Å². The van der Waals surface area contributed by atoms with Gasteiger partial charge in [0.2, 0.25) is 5.82 Å². The van der Waals surface area contributed by atoms with E-state index in [1.165, 1.54) is 19.2 Å². The lowest BCUT2D eigenvalue weighted by molar-refractivity contribution is 0.0384. The molecule has 0 bridgehead atoms. The van der Waals surface area contributed by atoms with Crippen LogP contribution in [-0.4, -0.2) is 44.1 Å². The first-order valence-corrected chi connectivity index (χ1v) is 13.5. The summed E-state index contributed by atoms with van der Waals surface area (Å²) in [6.07, 6.45) is 7.14. The third-order valence-corrected chi connectivity index (χ3v) is 7.68. The van der Waals surface area contributed by atoms with E-state index >= 15 is 0 Å². The maximum absolute atomic E-state index is 14.6. The molecule has 1 fully saturated rings. The summed E-state index contributed by atoms with van der Waals surface area (Å²) in [5, 5.41) is 10.3. The second-order valence-corrected chi connectivity index (χ2v) is 10.1. The number of ether oxygens (including phenoxy) is 2. The maximum Gasteiger partial charge on any atom is 0.408 e. The quantitative estimate of drug-likeness (QED) is 0.235. The van der Waals surface area contributed by atoms with E-state index < -0.39 is 17.4 Å². The van der Waals surface area contributed by atoms with Crippen LogP contribution in [0.3, 0.4) is 0 Å². The smallest absolute Gasteiger partial charge is 0.408 e. The highest BCUT2D eigenvalue weighted by molar-refractivity contribution is 5.78. The Labute approximate surface area is 236 Å². The van der Waals surface area contributed by atoms with E-state index in [9.17, 15) is 14.3 Å². The van der Waals surface area contributed by atoms with E-state index in [1.807, 2.05) is 53.1 Å². The molecule has 3 heterocycles. The van der Waals surface area contributed by atoms with Crippen LogP contribution >= 0.6 is 0 Å². The first kappa shape index (κ1) is 26.3. The van der Waals surface area contributed by atoms with E-state index in [2.05, 4.69) is 4.98 Å². The number of aromatic nitrogens is 3. The Hall–Kier alpha value is -4.92. The van der Waals surface area contributed by atoms with E-state index in [4.69, 9.17) is 14.5 Å². The predicted octanol–water partition coefficient (Wildman–Crippen LogP) is 6.94. The number of piperidine rings is 1. The van der Waals surface area contributed by atoms with Crippen molar-refractivity contribution in [3.8, 4) is 28.5 Å². The fourth-order valence-corrected chi connectivity index (χ4v) is 5.76. The molecule has 9 heteroatoms. The molecule has 41 heavy (non-hydrogen) atoms. The zero-order chi connectivity index (χ0) is 28.4. The van der Waals surface area contributed by atoms with Gasteiger partial charge in [0, 0.05) is 30.9 Å². The van der Waals surface area contributed by atoms with Crippen molar-refractivity contribution in [3.05, 3.63) is 109 Å². The molecule has 0 radical (unpaired) electrons. The summed E-state index contributed by atoms with van der Waals surface area (Å²) in [5.74, 6) is 0.701. The number of likely N-dealkylation sites (tertiary alicyclic amines) is 1. The number of carboxylic acid groups (broad SMARTS) is 1. The summed E-state index contributed by atoms with van der Waals surface area (Å²) < 4.78 is 27.4. The summed E-state index contributed by atoms with van der Waals surface area (Å²) in [4.78, 5) is 23.7. The monoisotopic (exact) mass is 552 g/mol. The van der Waals surface area contributed by atoms with E-state index in [1.54, 1.807) is 35.5 Å². The number of amides is 1. The number of hydrogen-bond donors (Lipinski definition) is 1. The molecular weight excluding hydrogens is 523 g/mol. The lowest BCUT2D eigenvalue weighted by Gasteiger charge is -2.45. The van der Waals surface area contributed by atoms with E-state index in [0.29, 0.717) is 36.7 Å². The van der Waals surface area contributed by atoms with Gasteiger partial charge in [-0.25, -0.2) is 9.78 Å². The molecule has 1 saturated heterocycles. The Morgan fingerprint density at radius 3 is 2.56 bits per heavy atom. The van der Waals surface area contributed by atoms with Crippen LogP contribution in [0.15, 0.2) is 91.4 Å². The van der Waals surface area contributed by atoms with Crippen molar-refractivity contribution >= 4 is 11.6 Å². The Morgan fingerprint density at radius 1 is 1.02 bits per heavy atom. The van der Waals surface area contributed by atoms with Gasteiger partial charge in [-0.05, 0) is 61.2 Å². The normalized spacial score (nSPS) is 17.0. The molecule has 8 nitrogen and oxygen atoms in total. The van der Waals surface area contributed by atoms with Gasteiger partial charge in [0.25, 0.3) is 0 Å². The van der Waals surface area contributed by atoms with Gasteiger partial charge < -0.3 is 14.6 Å². The van der Waals surface area contributed by atoms with Crippen molar-refractivity contribution in [1.29, 1.82) is 0 Å². The second kappa shape index (κ2) is 10.9. The lowest BCUT2D eigenvalue weighted by atomic mass is 9.80. The highest BCUT2D eigenvalue weighted by atomic mass is 19.1. The summed E-state index contributed by atoms with van der Waals surface area (Å²) in [5.41, 5.74) is 2.42. The molecule has 1 amide bonds. The minimum absolute atomic E-state index is 0.0601. The number of halogens is 1. The fraction of sp³-hybridized carbons (Fsp3) is 0.219. The molecule has 0 saturated carbocycles. The van der Waals surface area contributed by atoms with E-state index in [0.717, 1.165) is 29.5 Å². The summed E-state index contributed by atoms with van der Waals surface area (Å²) in [7, 11) is 1.41. The molecular formula is C32H29FN4O4. The number of nitrogens with zero attached hydrogens (tertiary/aromatic N) is 4. The molecule has 0 spiro atoms. The number of methoxy groups -OCH3 is 1. The fourth-order valence-electron chi connectivity index (χ4n) is 5.76. The minimum atomic E-state index is -0.959. The van der Waals surface area contributed by atoms with Gasteiger partial charge in [0.1, 0.15) is 17.1 Å². The van der Waals surface area contributed by atoms with Crippen LogP contribution in [0.2, 0.25) is 0 Å². The maximum atomic E-state index is 14.6. The van der Waals surface area contributed by atoms with Gasteiger partial charge in [-0.3, -0.25) is 14.3 Å². The molecule has 5 aromatic rings. The standard InChI is InChI=1S/C32H29FN4O4/c1-40-26-10-7-11-27(28(26)33)41-24-14-12-23(13-15-24)29-25-21-34-17-19-36(25)30(35-29)32(20-22-8-3-2-4-9-22)16-5-6-18-37(32)31(38)39/h2-4,7-15,17,19,21H,5-6,16,18,20H2,1H3,(H,38,39).